The minimum Gasteiger partial charge on any atom is -0.348 e. The van der Waals surface area contributed by atoms with E-state index in [1.165, 1.54) is 5.56 Å². The first-order chi connectivity index (χ1) is 13.1. The third-order valence-corrected chi connectivity index (χ3v) is 5.41. The van der Waals surface area contributed by atoms with Crippen molar-refractivity contribution in [1.82, 2.24) is 15.5 Å². The highest BCUT2D eigenvalue weighted by molar-refractivity contribution is 6.39. The summed E-state index contributed by atoms with van der Waals surface area (Å²) in [6.45, 7) is 2.40. The molecule has 0 aliphatic heterocycles. The van der Waals surface area contributed by atoms with Crippen LogP contribution in [-0.2, 0) is 9.59 Å². The summed E-state index contributed by atoms with van der Waals surface area (Å²) < 4.78 is 0. The second kappa shape index (κ2) is 7.23. The molecule has 6 heteroatoms. The molecular formula is C21H22N4O2. The number of fused-ring (bicyclic) bond motifs is 1. The fourth-order valence-corrected chi connectivity index (χ4v) is 3.67. The lowest BCUT2D eigenvalue weighted by Crippen LogP contribution is -2.41. The Kier molecular flexibility index (Phi) is 4.62. The first kappa shape index (κ1) is 17.3. The highest BCUT2D eigenvalue weighted by Gasteiger charge is 2.32. The average molecular weight is 362 g/mol. The van der Waals surface area contributed by atoms with E-state index in [4.69, 9.17) is 0 Å². The maximum atomic E-state index is 12.3. The average Bonchev–Trinajstić information content (AvgIpc) is 3.09. The van der Waals surface area contributed by atoms with Gasteiger partial charge < -0.3 is 10.6 Å². The maximum absolute atomic E-state index is 12.3. The van der Waals surface area contributed by atoms with Crippen LogP contribution in [0.5, 0.6) is 0 Å². The van der Waals surface area contributed by atoms with Gasteiger partial charge in [-0.15, -0.1) is 0 Å². The van der Waals surface area contributed by atoms with Crippen LogP contribution in [0.2, 0.25) is 0 Å². The zero-order valence-corrected chi connectivity index (χ0v) is 15.2. The van der Waals surface area contributed by atoms with E-state index < -0.39 is 11.8 Å². The van der Waals surface area contributed by atoms with E-state index in [0.717, 1.165) is 29.3 Å². The minimum atomic E-state index is -0.642. The normalized spacial score (nSPS) is 18.7. The van der Waals surface area contributed by atoms with Crippen LogP contribution in [0.25, 0.3) is 10.9 Å². The molecule has 0 bridgehead atoms. The number of amides is 2. The fourth-order valence-electron chi connectivity index (χ4n) is 3.67. The van der Waals surface area contributed by atoms with Crippen molar-refractivity contribution in [3.8, 4) is 0 Å². The van der Waals surface area contributed by atoms with Gasteiger partial charge in [-0.3, -0.25) is 14.7 Å². The van der Waals surface area contributed by atoms with Crippen LogP contribution < -0.4 is 10.6 Å². The molecule has 1 saturated carbocycles. The minimum absolute atomic E-state index is 0.383. The molecule has 27 heavy (non-hydrogen) atoms. The predicted octanol–water partition coefficient (Wildman–Crippen LogP) is 3.12. The van der Waals surface area contributed by atoms with E-state index in [1.807, 2.05) is 37.3 Å². The molecule has 2 amide bonds. The van der Waals surface area contributed by atoms with E-state index in [1.54, 1.807) is 6.20 Å². The van der Waals surface area contributed by atoms with Crippen LogP contribution in [0.15, 0.2) is 48.7 Å². The number of anilines is 1. The van der Waals surface area contributed by atoms with Gasteiger partial charge in [0.25, 0.3) is 0 Å². The summed E-state index contributed by atoms with van der Waals surface area (Å²) in [5.74, 6) is -0.398. The molecule has 1 aliphatic carbocycles. The number of rotatable bonds is 4. The van der Waals surface area contributed by atoms with Gasteiger partial charge in [0.2, 0.25) is 0 Å². The molecule has 2 unspecified atom stereocenters. The lowest BCUT2D eigenvalue weighted by Gasteiger charge is -2.37. The third kappa shape index (κ3) is 3.56. The number of benzene rings is 2. The van der Waals surface area contributed by atoms with Crippen molar-refractivity contribution in [2.45, 2.75) is 25.7 Å². The molecule has 2 aromatic carbocycles. The number of aryl methyl sites for hydroxylation is 1. The Morgan fingerprint density at radius 3 is 2.70 bits per heavy atom. The van der Waals surface area contributed by atoms with Crippen molar-refractivity contribution in [2.24, 2.45) is 5.92 Å². The molecule has 2 atom stereocenters. The molecule has 0 spiro atoms. The monoisotopic (exact) mass is 362 g/mol. The fraction of sp³-hybridized carbons (Fsp3) is 0.286. The van der Waals surface area contributed by atoms with Crippen LogP contribution in [0.1, 0.15) is 29.9 Å². The Morgan fingerprint density at radius 2 is 1.96 bits per heavy atom. The molecule has 3 N–H and O–H groups in total. The topological polar surface area (TPSA) is 86.9 Å². The summed E-state index contributed by atoms with van der Waals surface area (Å²) in [5.41, 5.74) is 3.69. The van der Waals surface area contributed by atoms with E-state index >= 15 is 0 Å². The Labute approximate surface area is 157 Å². The first-order valence-electron chi connectivity index (χ1n) is 9.19. The molecular weight excluding hydrogens is 340 g/mol. The quantitative estimate of drug-likeness (QED) is 0.623. The summed E-state index contributed by atoms with van der Waals surface area (Å²) in [5, 5.41) is 13.2. The number of aromatic amines is 1. The van der Waals surface area contributed by atoms with Gasteiger partial charge >= 0.3 is 11.8 Å². The zero-order chi connectivity index (χ0) is 18.8. The molecule has 1 heterocycles. The number of nitrogens with zero attached hydrogens (tertiary/aromatic N) is 1. The van der Waals surface area contributed by atoms with E-state index in [9.17, 15) is 9.59 Å². The lowest BCUT2D eigenvalue weighted by molar-refractivity contribution is -0.136. The molecule has 1 aromatic heterocycles. The number of nitrogens with one attached hydrogen (secondary N) is 3. The molecule has 1 aliphatic rings. The van der Waals surface area contributed by atoms with Crippen molar-refractivity contribution in [3.63, 3.8) is 0 Å². The van der Waals surface area contributed by atoms with Gasteiger partial charge in [0.05, 0.1) is 11.7 Å². The van der Waals surface area contributed by atoms with Gasteiger partial charge in [-0.25, -0.2) is 0 Å². The second-order valence-corrected chi connectivity index (χ2v) is 7.14. The van der Waals surface area contributed by atoms with E-state index in [2.05, 4.69) is 33.0 Å². The lowest BCUT2D eigenvalue weighted by atomic mass is 9.70. The smallest absolute Gasteiger partial charge is 0.313 e. The summed E-state index contributed by atoms with van der Waals surface area (Å²) in [6.07, 6.45) is 3.88. The van der Waals surface area contributed by atoms with Crippen molar-refractivity contribution in [2.75, 3.05) is 11.9 Å². The Bertz CT molecular complexity index is 980. The van der Waals surface area contributed by atoms with Gasteiger partial charge in [0.15, 0.2) is 0 Å². The van der Waals surface area contributed by atoms with E-state index in [-0.39, 0.29) is 0 Å². The van der Waals surface area contributed by atoms with E-state index in [0.29, 0.717) is 24.1 Å². The maximum Gasteiger partial charge on any atom is 0.313 e. The third-order valence-electron chi connectivity index (χ3n) is 5.41. The molecule has 1 fully saturated rings. The number of carbonyl (C=O) groups excluding carboxylic acids is 2. The molecule has 0 radical (unpaired) electrons. The van der Waals surface area contributed by atoms with Gasteiger partial charge in [0.1, 0.15) is 0 Å². The standard InChI is InChI=1S/C21H22N4O2/c1-13-9-19-16(12-23-25-19)10-18(13)24-21(27)20(26)22-11-15-7-8-17(15)14-5-3-2-4-6-14/h2-6,9-10,12,15,17H,7-8,11H2,1H3,(H,22,26)(H,23,25)(H,24,27). The summed E-state index contributed by atoms with van der Waals surface area (Å²) in [4.78, 5) is 24.5. The summed E-state index contributed by atoms with van der Waals surface area (Å²) in [6, 6.07) is 14.0. The molecule has 0 saturated heterocycles. The highest BCUT2D eigenvalue weighted by atomic mass is 16.2. The number of hydrogen-bond donors (Lipinski definition) is 3. The van der Waals surface area contributed by atoms with Crippen molar-refractivity contribution < 1.29 is 9.59 Å². The number of H-pyrrole nitrogens is 1. The molecule has 4 rings (SSSR count). The van der Waals surface area contributed by atoms with Crippen molar-refractivity contribution in [1.29, 1.82) is 0 Å². The van der Waals surface area contributed by atoms with Crippen molar-refractivity contribution in [3.05, 3.63) is 59.8 Å². The number of aromatic nitrogens is 2. The van der Waals surface area contributed by atoms with Crippen molar-refractivity contribution >= 4 is 28.4 Å². The van der Waals surface area contributed by atoms with Gasteiger partial charge in [-0.2, -0.15) is 5.10 Å². The van der Waals surface area contributed by atoms with Gasteiger partial charge in [0, 0.05) is 17.6 Å². The predicted molar refractivity (Wildman–Crippen MR) is 104 cm³/mol. The van der Waals surface area contributed by atoms with Gasteiger partial charge in [-0.05, 0) is 54.9 Å². The second-order valence-electron chi connectivity index (χ2n) is 7.14. The van der Waals surface area contributed by atoms with Crippen LogP contribution >= 0.6 is 0 Å². The Balaban J connectivity index is 1.34. The first-order valence-corrected chi connectivity index (χ1v) is 9.19. The zero-order valence-electron chi connectivity index (χ0n) is 15.2. The Morgan fingerprint density at radius 1 is 1.15 bits per heavy atom. The molecule has 6 nitrogen and oxygen atoms in total. The largest absolute Gasteiger partial charge is 0.348 e. The summed E-state index contributed by atoms with van der Waals surface area (Å²) in [7, 11) is 0. The Hall–Kier alpha value is -3.15. The molecule has 3 aromatic rings. The highest BCUT2D eigenvalue weighted by Crippen LogP contribution is 2.41. The van der Waals surface area contributed by atoms with Crippen LogP contribution in [-0.4, -0.2) is 28.6 Å². The SMILES string of the molecule is Cc1cc2[nH]ncc2cc1NC(=O)C(=O)NCC1CCC1c1ccccc1. The van der Waals surface area contributed by atoms with Crippen LogP contribution in [0, 0.1) is 12.8 Å². The number of hydrogen-bond acceptors (Lipinski definition) is 3. The van der Waals surface area contributed by atoms with Gasteiger partial charge in [-0.1, -0.05) is 30.3 Å². The number of carbonyl (C=O) groups is 2. The molecule has 138 valence electrons. The van der Waals surface area contributed by atoms with Crippen LogP contribution in [0.4, 0.5) is 5.69 Å². The summed E-state index contributed by atoms with van der Waals surface area (Å²) >= 11 is 0. The van der Waals surface area contributed by atoms with Crippen LogP contribution in [0.3, 0.4) is 0 Å².